The van der Waals surface area contributed by atoms with Gasteiger partial charge in [-0.15, -0.1) is 0 Å². The lowest BCUT2D eigenvalue weighted by atomic mass is 10.2. The third kappa shape index (κ3) is 2.93. The Morgan fingerprint density at radius 1 is 1.28 bits per heavy atom. The fourth-order valence-electron chi connectivity index (χ4n) is 2.15. The summed E-state index contributed by atoms with van der Waals surface area (Å²) in [7, 11) is 0. The van der Waals surface area contributed by atoms with E-state index in [0.717, 1.165) is 45.0 Å². The summed E-state index contributed by atoms with van der Waals surface area (Å²) in [5, 5.41) is 0. The zero-order chi connectivity index (χ0) is 13.2. The Balaban J connectivity index is 2.02. The maximum Gasteiger partial charge on any atom is 0.417 e. The van der Waals surface area contributed by atoms with Gasteiger partial charge in [0.2, 0.25) is 0 Å². The van der Waals surface area contributed by atoms with Gasteiger partial charge in [-0.05, 0) is 19.1 Å². The maximum absolute atomic E-state index is 12.4. The molecule has 6 heteroatoms. The molecule has 1 aliphatic heterocycles. The molecule has 0 bridgehead atoms. The summed E-state index contributed by atoms with van der Waals surface area (Å²) in [6.45, 7) is 6.96. The third-order valence-corrected chi connectivity index (χ3v) is 3.37. The highest BCUT2D eigenvalue weighted by Gasteiger charge is 2.31. The highest BCUT2D eigenvalue weighted by Crippen LogP contribution is 2.29. The number of hydrogen-bond acceptors (Lipinski definition) is 2. The number of likely N-dealkylation sites (N-methyl/N-ethyl adjacent to an activating group) is 1. The number of pyridine rings is 1. The van der Waals surface area contributed by atoms with Crippen molar-refractivity contribution < 1.29 is 18.1 Å². The largest absolute Gasteiger partial charge is 0.417 e. The van der Waals surface area contributed by atoms with Crippen molar-refractivity contribution in [3.8, 4) is 0 Å². The van der Waals surface area contributed by atoms with Gasteiger partial charge in [0.05, 0.1) is 38.3 Å². The fraction of sp³-hybridized carbons (Fsp3) is 0.583. The molecule has 0 radical (unpaired) electrons. The van der Waals surface area contributed by atoms with Gasteiger partial charge in [0.15, 0.2) is 0 Å². The van der Waals surface area contributed by atoms with Crippen molar-refractivity contribution in [2.45, 2.75) is 13.1 Å². The lowest BCUT2D eigenvalue weighted by Gasteiger charge is -2.32. The van der Waals surface area contributed by atoms with Crippen LogP contribution in [0.2, 0.25) is 0 Å². The number of piperazine rings is 1. The summed E-state index contributed by atoms with van der Waals surface area (Å²) >= 11 is 0. The normalized spacial score (nSPS) is 18.1. The van der Waals surface area contributed by atoms with Crippen molar-refractivity contribution in [2.75, 3.05) is 37.6 Å². The number of aromatic nitrogens is 1. The molecule has 2 rings (SSSR count). The predicted octanol–water partition coefficient (Wildman–Crippen LogP) is 0.825. The minimum atomic E-state index is -4.31. The molecule has 0 atom stereocenters. The molecule has 2 heterocycles. The van der Waals surface area contributed by atoms with Gasteiger partial charge >= 0.3 is 6.18 Å². The van der Waals surface area contributed by atoms with Crippen LogP contribution in [-0.4, -0.2) is 37.7 Å². The van der Waals surface area contributed by atoms with Gasteiger partial charge in [-0.1, -0.05) is 0 Å². The molecule has 0 spiro atoms. The van der Waals surface area contributed by atoms with Crippen LogP contribution < -0.4 is 9.80 Å². The van der Waals surface area contributed by atoms with Crippen molar-refractivity contribution in [3.63, 3.8) is 0 Å². The number of nitrogens with zero attached hydrogens (tertiary/aromatic N) is 2. The third-order valence-electron chi connectivity index (χ3n) is 3.37. The molecule has 1 N–H and O–H groups in total. The Bertz CT molecular complexity index is 381. The second-order valence-electron chi connectivity index (χ2n) is 4.49. The van der Waals surface area contributed by atoms with E-state index in [9.17, 15) is 13.2 Å². The van der Waals surface area contributed by atoms with Crippen LogP contribution in [0, 0.1) is 0 Å². The quantitative estimate of drug-likeness (QED) is 0.850. The number of anilines is 1. The predicted molar refractivity (Wildman–Crippen MR) is 62.7 cm³/mol. The smallest absolute Gasteiger partial charge is 0.345 e. The second-order valence-corrected chi connectivity index (χ2v) is 4.49. The zero-order valence-corrected chi connectivity index (χ0v) is 10.3. The van der Waals surface area contributed by atoms with Gasteiger partial charge in [-0.25, -0.2) is 4.98 Å². The lowest BCUT2D eigenvalue weighted by molar-refractivity contribution is -0.898. The zero-order valence-electron chi connectivity index (χ0n) is 10.3. The molecule has 0 saturated carbocycles. The van der Waals surface area contributed by atoms with Gasteiger partial charge in [-0.2, -0.15) is 13.2 Å². The lowest BCUT2D eigenvalue weighted by Crippen LogP contribution is -3.14. The molecule has 18 heavy (non-hydrogen) atoms. The molecule has 0 aliphatic carbocycles. The number of rotatable bonds is 2. The van der Waals surface area contributed by atoms with E-state index < -0.39 is 11.7 Å². The van der Waals surface area contributed by atoms with Crippen LogP contribution in [0.4, 0.5) is 19.0 Å². The van der Waals surface area contributed by atoms with E-state index in [0.29, 0.717) is 5.82 Å². The van der Waals surface area contributed by atoms with Crippen LogP contribution in [0.25, 0.3) is 0 Å². The van der Waals surface area contributed by atoms with E-state index in [4.69, 9.17) is 0 Å². The Kier molecular flexibility index (Phi) is 3.75. The summed E-state index contributed by atoms with van der Waals surface area (Å²) in [6, 6.07) is 2.56. The molecule has 3 nitrogen and oxygen atoms in total. The van der Waals surface area contributed by atoms with E-state index in [1.807, 2.05) is 4.90 Å². The molecule has 0 unspecified atom stereocenters. The fourth-order valence-corrected chi connectivity index (χ4v) is 2.15. The van der Waals surface area contributed by atoms with Gasteiger partial charge in [0.1, 0.15) is 5.82 Å². The van der Waals surface area contributed by atoms with Gasteiger partial charge < -0.3 is 9.80 Å². The second kappa shape index (κ2) is 5.14. The van der Waals surface area contributed by atoms with E-state index in [2.05, 4.69) is 11.9 Å². The van der Waals surface area contributed by atoms with Crippen LogP contribution in [0.1, 0.15) is 12.5 Å². The number of alkyl halides is 3. The maximum atomic E-state index is 12.4. The highest BCUT2D eigenvalue weighted by atomic mass is 19.4. The SMILES string of the molecule is CC[NH+]1CCN(c2ccc(C(F)(F)F)cn2)CC1. The van der Waals surface area contributed by atoms with Crippen LogP contribution in [0.5, 0.6) is 0 Å². The molecule has 1 aromatic rings. The molecule has 1 aliphatic rings. The van der Waals surface area contributed by atoms with E-state index >= 15 is 0 Å². The van der Waals surface area contributed by atoms with Crippen LogP contribution in [-0.2, 0) is 6.18 Å². The molecular formula is C12H17F3N3+. The molecule has 0 aromatic carbocycles. The highest BCUT2D eigenvalue weighted by molar-refractivity contribution is 5.40. The minimum Gasteiger partial charge on any atom is -0.345 e. The molecule has 100 valence electrons. The average Bonchev–Trinajstić information content (AvgIpc) is 2.38. The van der Waals surface area contributed by atoms with Gasteiger partial charge in [-0.3, -0.25) is 0 Å². The monoisotopic (exact) mass is 260 g/mol. The van der Waals surface area contributed by atoms with E-state index in [1.54, 1.807) is 0 Å². The first-order valence-corrected chi connectivity index (χ1v) is 6.12. The van der Waals surface area contributed by atoms with Crippen molar-refractivity contribution >= 4 is 5.82 Å². The van der Waals surface area contributed by atoms with Crippen LogP contribution in [0.15, 0.2) is 18.3 Å². The first-order chi connectivity index (χ1) is 8.50. The topological polar surface area (TPSA) is 20.6 Å². The number of halogens is 3. The summed E-state index contributed by atoms with van der Waals surface area (Å²) in [5.74, 6) is 0.637. The summed E-state index contributed by atoms with van der Waals surface area (Å²) in [5.41, 5.74) is -0.691. The molecular weight excluding hydrogens is 243 g/mol. The average molecular weight is 260 g/mol. The first-order valence-electron chi connectivity index (χ1n) is 6.12. The van der Waals surface area contributed by atoms with Crippen molar-refractivity contribution in [3.05, 3.63) is 23.9 Å². The van der Waals surface area contributed by atoms with Gasteiger partial charge in [0, 0.05) is 6.20 Å². The Hall–Kier alpha value is -1.30. The summed E-state index contributed by atoms with van der Waals surface area (Å²) in [4.78, 5) is 7.48. The number of nitrogens with one attached hydrogen (secondary N) is 1. The van der Waals surface area contributed by atoms with Crippen molar-refractivity contribution in [1.29, 1.82) is 0 Å². The molecule has 1 fully saturated rings. The molecule has 1 aromatic heterocycles. The molecule has 0 amide bonds. The Morgan fingerprint density at radius 3 is 2.39 bits per heavy atom. The van der Waals surface area contributed by atoms with Crippen LogP contribution >= 0.6 is 0 Å². The number of hydrogen-bond donors (Lipinski definition) is 1. The van der Waals surface area contributed by atoms with Gasteiger partial charge in [0.25, 0.3) is 0 Å². The van der Waals surface area contributed by atoms with E-state index in [-0.39, 0.29) is 0 Å². The Labute approximate surface area is 104 Å². The minimum absolute atomic E-state index is 0.637. The Morgan fingerprint density at radius 2 is 1.94 bits per heavy atom. The summed E-state index contributed by atoms with van der Waals surface area (Å²) < 4.78 is 37.2. The van der Waals surface area contributed by atoms with Crippen molar-refractivity contribution in [1.82, 2.24) is 4.98 Å². The van der Waals surface area contributed by atoms with Crippen molar-refractivity contribution in [2.24, 2.45) is 0 Å². The molecule has 1 saturated heterocycles. The first kappa shape index (κ1) is 13.1. The number of quaternary nitrogens is 1. The summed E-state index contributed by atoms with van der Waals surface area (Å²) in [6.07, 6.45) is -3.40. The standard InChI is InChI=1S/C12H16F3N3/c1-2-17-5-7-18(8-6-17)11-4-3-10(9-16-11)12(13,14)15/h3-4,9H,2,5-8H2,1H3/p+1. The van der Waals surface area contributed by atoms with E-state index in [1.165, 1.54) is 11.0 Å². The van der Waals surface area contributed by atoms with Crippen LogP contribution in [0.3, 0.4) is 0 Å².